The molecule has 16 nitrogen and oxygen atoms in total. The van der Waals surface area contributed by atoms with Crippen LogP contribution in [0, 0.1) is 0 Å². The van der Waals surface area contributed by atoms with Crippen LogP contribution >= 0.6 is 15.2 Å². The van der Waals surface area contributed by atoms with Gasteiger partial charge < -0.3 is 50.0 Å². The first-order valence-corrected chi connectivity index (χ1v) is 16.0. The molecule has 3 rings (SSSR count). The van der Waals surface area contributed by atoms with Crippen molar-refractivity contribution in [2.75, 3.05) is 19.9 Å². The summed E-state index contributed by atoms with van der Waals surface area (Å²) in [7, 11) is -8.43. The number of aliphatic hydroxyl groups excluding tert-OH is 4. The third-order valence-corrected chi connectivity index (χ3v) is 9.70. The molecule has 39 heavy (non-hydrogen) atoms. The lowest BCUT2D eigenvalue weighted by atomic mass is 9.95. The predicted octanol–water partition coefficient (Wildman–Crippen LogP) is -1.09. The van der Waals surface area contributed by atoms with Gasteiger partial charge in [-0.15, -0.1) is 0 Å². The first-order valence-electron chi connectivity index (χ1n) is 12.0. The fraction of sp³-hybridized carbons (Fsp3) is 0.714. The third-order valence-electron chi connectivity index (χ3n) is 6.12. The molecular weight excluding hydrogens is 564 g/mol. The number of carbonyl (C=O) groups excluding carboxylic acids is 2. The first kappa shape index (κ1) is 31.8. The molecule has 3 aliphatic rings. The largest absolute Gasteiger partial charge is 0.388 e. The molecule has 0 radical (unpaired) electrons. The zero-order valence-corrected chi connectivity index (χ0v) is 23.6. The zero-order valence-electron chi connectivity index (χ0n) is 21.8. The maximum Gasteiger partial charge on any atom is 0.337 e. The van der Waals surface area contributed by atoms with Crippen molar-refractivity contribution in [3.05, 3.63) is 24.7 Å². The van der Waals surface area contributed by atoms with Gasteiger partial charge in [-0.2, -0.15) is 0 Å². The van der Waals surface area contributed by atoms with E-state index in [0.717, 1.165) is 20.3 Å². The van der Waals surface area contributed by atoms with Gasteiger partial charge in [-0.05, 0) is 6.42 Å². The summed E-state index contributed by atoms with van der Waals surface area (Å²) in [5, 5.41) is 46.3. The van der Waals surface area contributed by atoms with Crippen LogP contribution in [0.3, 0.4) is 0 Å². The highest BCUT2D eigenvalue weighted by atomic mass is 31.3. The highest BCUT2D eigenvalue weighted by molar-refractivity contribution is 7.66. The van der Waals surface area contributed by atoms with Gasteiger partial charge in [0.2, 0.25) is 5.91 Å². The Kier molecular flexibility index (Phi) is 10.2. The van der Waals surface area contributed by atoms with Crippen LogP contribution in [-0.4, -0.2) is 112 Å². The van der Waals surface area contributed by atoms with Gasteiger partial charge in [0.1, 0.15) is 42.4 Å². The first-order chi connectivity index (χ1) is 18.0. The van der Waals surface area contributed by atoms with E-state index in [1.165, 1.54) is 17.2 Å². The van der Waals surface area contributed by atoms with Gasteiger partial charge in [0, 0.05) is 32.5 Å². The van der Waals surface area contributed by atoms with Crippen molar-refractivity contribution in [1.82, 2.24) is 15.5 Å². The average molecular weight is 599 g/mol. The minimum absolute atomic E-state index is 0.0966. The second-order valence-corrected chi connectivity index (χ2v) is 13.6. The minimum Gasteiger partial charge on any atom is -0.388 e. The van der Waals surface area contributed by atoms with Gasteiger partial charge in [-0.25, -0.2) is 4.31 Å². The molecule has 2 amide bonds. The number of rotatable bonds is 10. The summed E-state index contributed by atoms with van der Waals surface area (Å²) in [6.07, 6.45) is -7.93. The van der Waals surface area contributed by atoms with Gasteiger partial charge >= 0.3 is 15.2 Å². The normalized spacial score (nSPS) is 38.2. The molecular formula is C21H35N3O13P2. The maximum absolute atomic E-state index is 13.1. The second-order valence-electron chi connectivity index (χ2n) is 9.39. The lowest BCUT2D eigenvalue weighted by molar-refractivity contribution is -0.239. The van der Waals surface area contributed by atoms with Crippen LogP contribution in [0.2, 0.25) is 0 Å². The van der Waals surface area contributed by atoms with Crippen LogP contribution in [0.1, 0.15) is 20.3 Å². The SMILES string of the molecule is C=C1NC(=O)C=CN1C1OC(COP(C)(=O)OP(C)(=O)O[C@@H]2OC(CC)[C@H](O)[C@H](O)C2NC(C)=O)C(O)C1O. The number of carbonyl (C=O) groups is 2. The van der Waals surface area contributed by atoms with E-state index in [-0.39, 0.29) is 12.2 Å². The molecule has 0 aromatic heterocycles. The molecule has 11 atom stereocenters. The summed E-state index contributed by atoms with van der Waals surface area (Å²) < 4.78 is 53.2. The molecule has 8 unspecified atom stereocenters. The average Bonchev–Trinajstić information content (AvgIpc) is 3.10. The monoisotopic (exact) mass is 599 g/mol. The zero-order chi connectivity index (χ0) is 29.3. The van der Waals surface area contributed by atoms with Gasteiger partial charge in [-0.1, -0.05) is 13.5 Å². The Bertz CT molecular complexity index is 1070. The summed E-state index contributed by atoms with van der Waals surface area (Å²) in [6, 6.07) is -1.32. The molecule has 0 spiro atoms. The summed E-state index contributed by atoms with van der Waals surface area (Å²) in [4.78, 5) is 24.3. The van der Waals surface area contributed by atoms with Crippen molar-refractivity contribution in [1.29, 1.82) is 0 Å². The van der Waals surface area contributed by atoms with Gasteiger partial charge in [0.25, 0.3) is 5.91 Å². The van der Waals surface area contributed by atoms with Gasteiger partial charge in [-0.3, -0.25) is 23.2 Å². The fourth-order valence-electron chi connectivity index (χ4n) is 4.28. The van der Waals surface area contributed by atoms with Crippen molar-refractivity contribution < 1.29 is 62.0 Å². The highest BCUT2D eigenvalue weighted by Gasteiger charge is 2.49. The molecule has 2 saturated heterocycles. The van der Waals surface area contributed by atoms with E-state index in [1.54, 1.807) is 6.92 Å². The molecule has 0 aliphatic carbocycles. The lowest BCUT2D eigenvalue weighted by Gasteiger charge is -2.42. The van der Waals surface area contributed by atoms with Crippen LogP contribution in [0.15, 0.2) is 24.7 Å². The van der Waals surface area contributed by atoms with Crippen molar-refractivity contribution in [3.63, 3.8) is 0 Å². The Morgan fingerprint density at radius 2 is 1.74 bits per heavy atom. The summed E-state index contributed by atoms with van der Waals surface area (Å²) in [5.74, 6) is -0.923. The number of hydrogen-bond donors (Lipinski definition) is 6. The molecule has 18 heteroatoms. The molecule has 6 N–H and O–H groups in total. The predicted molar refractivity (Wildman–Crippen MR) is 133 cm³/mol. The molecule has 3 aliphatic heterocycles. The third kappa shape index (κ3) is 7.75. The molecule has 0 saturated carbocycles. The van der Waals surface area contributed by atoms with Crippen molar-refractivity contribution in [2.24, 2.45) is 0 Å². The Hall–Kier alpha value is -1.68. The molecule has 0 aromatic rings. The molecule has 3 heterocycles. The van der Waals surface area contributed by atoms with Crippen molar-refractivity contribution >= 4 is 27.0 Å². The number of aliphatic hydroxyl groups is 4. The number of ether oxygens (including phenoxy) is 2. The van der Waals surface area contributed by atoms with E-state index >= 15 is 0 Å². The molecule has 0 aromatic carbocycles. The second kappa shape index (κ2) is 12.5. The number of nitrogens with zero attached hydrogens (tertiary/aromatic N) is 1. The van der Waals surface area contributed by atoms with Crippen LogP contribution < -0.4 is 10.6 Å². The van der Waals surface area contributed by atoms with Gasteiger partial charge in [0.05, 0.1) is 12.7 Å². The number of amides is 2. The minimum atomic E-state index is -4.26. The topological polar surface area (TPSA) is 223 Å². The van der Waals surface area contributed by atoms with E-state index in [0.29, 0.717) is 0 Å². The number of nitrogens with one attached hydrogen (secondary N) is 2. The van der Waals surface area contributed by atoms with E-state index in [4.69, 9.17) is 22.8 Å². The van der Waals surface area contributed by atoms with Gasteiger partial charge in [0.15, 0.2) is 12.5 Å². The van der Waals surface area contributed by atoms with E-state index in [9.17, 15) is 39.1 Å². The quantitative estimate of drug-likeness (QED) is 0.164. The fourth-order valence-corrected chi connectivity index (χ4v) is 7.75. The molecule has 2 fully saturated rings. The molecule has 0 bridgehead atoms. The Morgan fingerprint density at radius 3 is 2.33 bits per heavy atom. The highest BCUT2D eigenvalue weighted by Crippen LogP contribution is 2.62. The lowest BCUT2D eigenvalue weighted by Crippen LogP contribution is -2.63. The summed E-state index contributed by atoms with van der Waals surface area (Å²) in [5.41, 5.74) is 0. The molecule has 222 valence electrons. The maximum atomic E-state index is 13.1. The smallest absolute Gasteiger partial charge is 0.337 e. The van der Waals surface area contributed by atoms with E-state index in [1.807, 2.05) is 0 Å². The van der Waals surface area contributed by atoms with Crippen LogP contribution in [0.4, 0.5) is 0 Å². The Balaban J connectivity index is 1.63. The summed E-state index contributed by atoms with van der Waals surface area (Å²) >= 11 is 0. The summed E-state index contributed by atoms with van der Waals surface area (Å²) in [6.45, 7) is 7.89. The van der Waals surface area contributed by atoms with Crippen molar-refractivity contribution in [2.45, 2.75) is 75.5 Å². The number of hydrogen-bond acceptors (Lipinski definition) is 14. The van der Waals surface area contributed by atoms with Crippen LogP contribution in [0.25, 0.3) is 0 Å². The standard InChI is InChI=1S/C21H35N3O13P2/c1-6-12-16(27)18(29)15(23-11(3)25)21(35-12)36-39(5,32)37-38(4,31)33-9-13-17(28)19(30)20(34-13)24-8-7-14(26)22-10(24)2/h7-8,12-13,15-21,27-30H,2,6,9H2,1,3-5H3,(H,22,26)(H,23,25)/t12?,13?,15?,16-,17?,18+,19?,20?,21-,38?,39?/m0/s1. The van der Waals surface area contributed by atoms with Crippen molar-refractivity contribution in [3.8, 4) is 0 Å². The van der Waals surface area contributed by atoms with Crippen LogP contribution in [-0.2, 0) is 41.6 Å². The van der Waals surface area contributed by atoms with E-state index in [2.05, 4.69) is 17.2 Å². The van der Waals surface area contributed by atoms with Crippen LogP contribution in [0.5, 0.6) is 0 Å². The van der Waals surface area contributed by atoms with E-state index < -0.39 is 88.8 Å². The Morgan fingerprint density at radius 1 is 1.10 bits per heavy atom. The Labute approximate surface area is 224 Å².